The van der Waals surface area contributed by atoms with Gasteiger partial charge in [-0.15, -0.1) is 0 Å². The molecule has 0 bridgehead atoms. The van der Waals surface area contributed by atoms with E-state index >= 15 is 0 Å². The maximum Gasteiger partial charge on any atom is 0.323 e. The van der Waals surface area contributed by atoms with Crippen LogP contribution in [0.2, 0.25) is 0 Å². The van der Waals surface area contributed by atoms with E-state index in [9.17, 15) is 9.59 Å². The second-order valence-corrected chi connectivity index (χ2v) is 5.17. The standard InChI is InChI=1S/C14H24N4O4/c1-11(19)18-10-16-9-12(18)8-13(15)14(20)22-7-6-21-5-4-17(2)3/h9-10,13H,4-8,15H2,1-3H3. The molecular weight excluding hydrogens is 288 g/mol. The van der Waals surface area contributed by atoms with Gasteiger partial charge in [0.15, 0.2) is 0 Å². The van der Waals surface area contributed by atoms with Gasteiger partial charge in [0.1, 0.15) is 19.0 Å². The lowest BCUT2D eigenvalue weighted by atomic mass is 10.2. The van der Waals surface area contributed by atoms with Gasteiger partial charge in [0.05, 0.1) is 13.2 Å². The number of nitrogens with two attached hydrogens (primary N) is 1. The molecule has 1 atom stereocenters. The third kappa shape index (κ3) is 6.33. The van der Waals surface area contributed by atoms with Crippen LogP contribution >= 0.6 is 0 Å². The molecule has 1 aromatic rings. The van der Waals surface area contributed by atoms with Gasteiger partial charge in [0, 0.05) is 31.8 Å². The van der Waals surface area contributed by atoms with E-state index in [4.69, 9.17) is 15.2 Å². The zero-order valence-corrected chi connectivity index (χ0v) is 13.3. The minimum absolute atomic E-state index is 0.159. The van der Waals surface area contributed by atoms with Crippen molar-refractivity contribution in [2.75, 3.05) is 40.5 Å². The first-order valence-electron chi connectivity index (χ1n) is 7.08. The Morgan fingerprint density at radius 2 is 2.09 bits per heavy atom. The van der Waals surface area contributed by atoms with Crippen LogP contribution in [0.5, 0.6) is 0 Å². The van der Waals surface area contributed by atoms with Crippen molar-refractivity contribution in [3.63, 3.8) is 0 Å². The van der Waals surface area contributed by atoms with Gasteiger partial charge in [-0.05, 0) is 14.1 Å². The van der Waals surface area contributed by atoms with Crippen LogP contribution in [0, 0.1) is 0 Å². The van der Waals surface area contributed by atoms with Crippen LogP contribution in [0.1, 0.15) is 17.4 Å². The van der Waals surface area contributed by atoms with Crippen LogP contribution in [0.25, 0.3) is 0 Å². The topological polar surface area (TPSA) is 99.7 Å². The Hall–Kier alpha value is -1.77. The number of imidazole rings is 1. The van der Waals surface area contributed by atoms with Crippen molar-refractivity contribution >= 4 is 11.9 Å². The normalized spacial score (nSPS) is 12.4. The van der Waals surface area contributed by atoms with Crippen molar-refractivity contribution < 1.29 is 19.1 Å². The zero-order valence-electron chi connectivity index (χ0n) is 13.3. The Morgan fingerprint density at radius 3 is 2.73 bits per heavy atom. The molecule has 0 amide bonds. The van der Waals surface area contributed by atoms with Crippen molar-refractivity contribution in [1.82, 2.24) is 14.5 Å². The summed E-state index contributed by atoms with van der Waals surface area (Å²) < 4.78 is 11.7. The van der Waals surface area contributed by atoms with Gasteiger partial charge < -0.3 is 20.1 Å². The highest BCUT2D eigenvalue weighted by Crippen LogP contribution is 2.03. The van der Waals surface area contributed by atoms with Gasteiger partial charge in [0.2, 0.25) is 5.91 Å². The van der Waals surface area contributed by atoms with E-state index in [-0.39, 0.29) is 18.9 Å². The van der Waals surface area contributed by atoms with Crippen LogP contribution in [0.15, 0.2) is 12.5 Å². The molecule has 1 aromatic heterocycles. The van der Waals surface area contributed by atoms with Crippen molar-refractivity contribution in [3.8, 4) is 0 Å². The summed E-state index contributed by atoms with van der Waals surface area (Å²) in [6.07, 6.45) is 3.10. The molecular formula is C14H24N4O4. The second-order valence-electron chi connectivity index (χ2n) is 5.17. The number of rotatable bonds is 9. The number of ether oxygens (including phenoxy) is 2. The Kier molecular flexibility index (Phi) is 7.72. The molecule has 0 aliphatic carbocycles. The number of carbonyl (C=O) groups is 2. The number of esters is 1. The maximum absolute atomic E-state index is 11.8. The van der Waals surface area contributed by atoms with Crippen LogP contribution in [0.3, 0.4) is 0 Å². The molecule has 1 unspecified atom stereocenters. The third-order valence-corrected chi connectivity index (χ3v) is 2.94. The van der Waals surface area contributed by atoms with Gasteiger partial charge in [-0.3, -0.25) is 14.2 Å². The molecule has 0 aliphatic rings. The lowest BCUT2D eigenvalue weighted by Gasteiger charge is -2.13. The Balaban J connectivity index is 2.27. The summed E-state index contributed by atoms with van der Waals surface area (Å²) >= 11 is 0. The van der Waals surface area contributed by atoms with Gasteiger partial charge in [0.25, 0.3) is 0 Å². The van der Waals surface area contributed by atoms with E-state index in [1.165, 1.54) is 24.0 Å². The molecule has 0 aliphatic heterocycles. The fraction of sp³-hybridized carbons (Fsp3) is 0.643. The molecule has 0 aromatic carbocycles. The van der Waals surface area contributed by atoms with E-state index in [2.05, 4.69) is 4.98 Å². The first-order chi connectivity index (χ1) is 10.4. The van der Waals surface area contributed by atoms with E-state index in [1.807, 2.05) is 19.0 Å². The molecule has 0 saturated carbocycles. The van der Waals surface area contributed by atoms with E-state index in [0.717, 1.165) is 6.54 Å². The van der Waals surface area contributed by atoms with Gasteiger partial charge in [-0.2, -0.15) is 0 Å². The number of hydrogen-bond donors (Lipinski definition) is 1. The molecule has 22 heavy (non-hydrogen) atoms. The van der Waals surface area contributed by atoms with Crippen LogP contribution in [-0.4, -0.2) is 72.8 Å². The number of hydrogen-bond acceptors (Lipinski definition) is 7. The van der Waals surface area contributed by atoms with Crippen LogP contribution in [0.4, 0.5) is 0 Å². The molecule has 2 N–H and O–H groups in total. The number of likely N-dealkylation sites (N-methyl/N-ethyl adjacent to an activating group) is 1. The maximum atomic E-state index is 11.8. The highest BCUT2D eigenvalue weighted by molar-refractivity contribution is 5.78. The summed E-state index contributed by atoms with van der Waals surface area (Å²) in [6, 6.07) is -0.837. The number of aromatic nitrogens is 2. The lowest BCUT2D eigenvalue weighted by Crippen LogP contribution is -2.36. The summed E-state index contributed by atoms with van der Waals surface area (Å²) in [6.45, 7) is 3.29. The van der Waals surface area contributed by atoms with Crippen molar-refractivity contribution in [2.45, 2.75) is 19.4 Å². The SMILES string of the molecule is CC(=O)n1cncc1CC(N)C(=O)OCCOCCN(C)C. The molecule has 8 nitrogen and oxygen atoms in total. The molecule has 0 fully saturated rings. The first-order valence-corrected chi connectivity index (χ1v) is 7.08. The average molecular weight is 312 g/mol. The van der Waals surface area contributed by atoms with Crippen molar-refractivity contribution in [1.29, 1.82) is 0 Å². The summed E-state index contributed by atoms with van der Waals surface area (Å²) in [5.41, 5.74) is 6.37. The minimum atomic E-state index is -0.837. The summed E-state index contributed by atoms with van der Waals surface area (Å²) in [4.78, 5) is 29.0. The van der Waals surface area contributed by atoms with Crippen molar-refractivity contribution in [2.24, 2.45) is 5.73 Å². The quantitative estimate of drug-likeness (QED) is 0.486. The molecule has 0 saturated heterocycles. The molecule has 0 spiro atoms. The molecule has 8 heteroatoms. The molecule has 1 heterocycles. The second kappa shape index (κ2) is 9.29. The lowest BCUT2D eigenvalue weighted by molar-refractivity contribution is -0.146. The van der Waals surface area contributed by atoms with Crippen molar-refractivity contribution in [3.05, 3.63) is 18.2 Å². The number of nitrogens with zero attached hydrogens (tertiary/aromatic N) is 3. The molecule has 124 valence electrons. The predicted octanol–water partition coefficient (Wildman–Crippen LogP) is -0.466. The first kappa shape index (κ1) is 18.3. The monoisotopic (exact) mass is 312 g/mol. The van der Waals surface area contributed by atoms with Gasteiger partial charge in [-0.25, -0.2) is 4.98 Å². The third-order valence-electron chi connectivity index (χ3n) is 2.94. The Bertz CT molecular complexity index is 487. The van der Waals surface area contributed by atoms with E-state index < -0.39 is 12.0 Å². The fourth-order valence-electron chi connectivity index (χ4n) is 1.72. The summed E-state index contributed by atoms with van der Waals surface area (Å²) in [5, 5.41) is 0. The average Bonchev–Trinajstić information content (AvgIpc) is 2.90. The number of carbonyl (C=O) groups excluding carboxylic acids is 2. The van der Waals surface area contributed by atoms with Crippen LogP contribution < -0.4 is 5.73 Å². The van der Waals surface area contributed by atoms with E-state index in [0.29, 0.717) is 18.9 Å². The summed E-state index contributed by atoms with van der Waals surface area (Å²) in [5.74, 6) is -0.699. The Morgan fingerprint density at radius 1 is 1.36 bits per heavy atom. The summed E-state index contributed by atoms with van der Waals surface area (Å²) in [7, 11) is 3.91. The van der Waals surface area contributed by atoms with Gasteiger partial charge >= 0.3 is 5.97 Å². The Labute approximate surface area is 130 Å². The fourth-order valence-corrected chi connectivity index (χ4v) is 1.72. The smallest absolute Gasteiger partial charge is 0.323 e. The van der Waals surface area contributed by atoms with Crippen LogP contribution in [-0.2, 0) is 20.7 Å². The highest BCUT2D eigenvalue weighted by Gasteiger charge is 2.18. The highest BCUT2D eigenvalue weighted by atomic mass is 16.6. The predicted molar refractivity (Wildman–Crippen MR) is 80.5 cm³/mol. The zero-order chi connectivity index (χ0) is 16.5. The van der Waals surface area contributed by atoms with Gasteiger partial charge in [-0.1, -0.05) is 0 Å². The largest absolute Gasteiger partial charge is 0.462 e. The molecule has 1 rings (SSSR count). The van der Waals surface area contributed by atoms with E-state index in [1.54, 1.807) is 0 Å². The molecule has 0 radical (unpaired) electrons. The minimum Gasteiger partial charge on any atom is -0.462 e.